The molecule has 0 spiro atoms. The summed E-state index contributed by atoms with van der Waals surface area (Å²) in [6, 6.07) is 0.532. The molecule has 5 unspecified atom stereocenters. The summed E-state index contributed by atoms with van der Waals surface area (Å²) in [6.45, 7) is 1.15. The standard InChI is InChI=1S/C35H45F17N2O10Si/c1-17(21(27(60)62-11-7-13-65-61-6)16-20(24(57)53(4)5)15-19(3)26(59)64-54-22(55)8-9-23(54)56)14-18(2)25(58)63-12-10-28(36,37)29(38,39)30(40,41)31(42,43)32(44,45)33(46,47)34(48,49)35(50,51)52/h17-21H,7-16,65H2,1-6H3. The van der Waals surface area contributed by atoms with Crippen LogP contribution in [0.3, 0.4) is 0 Å². The predicted molar refractivity (Wildman–Crippen MR) is 186 cm³/mol. The second kappa shape index (κ2) is 21.8. The number of imide groups is 1. The highest BCUT2D eigenvalue weighted by Gasteiger charge is 2.95. The van der Waals surface area contributed by atoms with Gasteiger partial charge in [0.1, 0.15) is 0 Å². The minimum atomic E-state index is -8.79. The van der Waals surface area contributed by atoms with Crippen molar-refractivity contribution in [2.24, 2.45) is 29.6 Å². The van der Waals surface area contributed by atoms with Crippen LogP contribution in [-0.2, 0) is 47.5 Å². The molecule has 5 atom stereocenters. The molecular formula is C35H45F17N2O10Si. The number of hydrogen-bond donors (Lipinski definition) is 0. The third kappa shape index (κ3) is 12.7. The van der Waals surface area contributed by atoms with E-state index in [1.54, 1.807) is 0 Å². The molecule has 0 N–H and O–H groups in total. The Morgan fingerprint density at radius 3 is 1.54 bits per heavy atom. The van der Waals surface area contributed by atoms with Gasteiger partial charge in [-0.1, -0.05) is 20.8 Å². The number of amides is 3. The summed E-state index contributed by atoms with van der Waals surface area (Å²) in [5, 5.41) is 0.250. The van der Waals surface area contributed by atoms with Crippen LogP contribution in [0, 0.1) is 29.6 Å². The highest BCUT2D eigenvalue weighted by molar-refractivity contribution is 6.26. The van der Waals surface area contributed by atoms with E-state index in [1.165, 1.54) is 35.1 Å². The first-order valence-corrected chi connectivity index (χ1v) is 20.6. The Morgan fingerprint density at radius 1 is 0.631 bits per heavy atom. The lowest BCUT2D eigenvalue weighted by Gasteiger charge is -2.42. The van der Waals surface area contributed by atoms with Gasteiger partial charge in [0.05, 0.1) is 37.4 Å². The van der Waals surface area contributed by atoms with Crippen molar-refractivity contribution in [2.75, 3.05) is 34.4 Å². The molecule has 0 radical (unpaired) electrons. The number of esters is 2. The number of rotatable bonds is 26. The minimum Gasteiger partial charge on any atom is -0.465 e. The highest BCUT2D eigenvalue weighted by atomic mass is 28.2. The molecule has 0 aromatic rings. The number of carbonyl (C=O) groups is 6. The highest BCUT2D eigenvalue weighted by Crippen LogP contribution is 2.64. The van der Waals surface area contributed by atoms with Crippen LogP contribution in [0.25, 0.3) is 0 Å². The van der Waals surface area contributed by atoms with Gasteiger partial charge in [0.15, 0.2) is 9.76 Å². The molecule has 1 fully saturated rings. The molecule has 0 saturated carbocycles. The number of alkyl halides is 17. The van der Waals surface area contributed by atoms with Gasteiger partial charge in [-0.05, 0) is 37.6 Å². The van der Waals surface area contributed by atoms with E-state index in [4.69, 9.17) is 14.0 Å². The minimum absolute atomic E-state index is 0.188. The SMILES string of the molecule is CO[SiH2]CCCOC(=O)C(CC(CC(C)C(=O)ON1C(=O)CCC1=O)C(=O)N(C)C)C(C)CC(C)C(=O)OCCC(F)(F)C(F)(F)C(F)(F)C(F)(F)C(F)(F)C(F)(F)C(F)(F)C(F)(F)F. The van der Waals surface area contributed by atoms with Crippen molar-refractivity contribution < 1.29 is 122 Å². The fraction of sp³-hybridized carbons (Fsp3) is 0.829. The van der Waals surface area contributed by atoms with Crippen LogP contribution in [-0.4, -0.2) is 137 Å². The van der Waals surface area contributed by atoms with Gasteiger partial charge >= 0.3 is 65.5 Å². The zero-order chi connectivity index (χ0) is 51.1. The fourth-order valence-corrected chi connectivity index (χ4v) is 6.81. The van der Waals surface area contributed by atoms with Crippen LogP contribution in [0.2, 0.25) is 6.04 Å². The molecule has 1 aliphatic rings. The Hall–Kier alpha value is -3.99. The van der Waals surface area contributed by atoms with Crippen LogP contribution < -0.4 is 0 Å². The van der Waals surface area contributed by atoms with E-state index in [-0.39, 0.29) is 30.9 Å². The van der Waals surface area contributed by atoms with Crippen LogP contribution >= 0.6 is 0 Å². The lowest BCUT2D eigenvalue weighted by molar-refractivity contribution is -0.461. The quantitative estimate of drug-likeness (QED) is 0.0292. The summed E-state index contributed by atoms with van der Waals surface area (Å²) in [7, 11) is 3.07. The van der Waals surface area contributed by atoms with Crippen LogP contribution in [0.5, 0.6) is 0 Å². The molecule has 0 aromatic heterocycles. The van der Waals surface area contributed by atoms with E-state index in [9.17, 15) is 103 Å². The summed E-state index contributed by atoms with van der Waals surface area (Å²) < 4.78 is 246. The first-order valence-electron chi connectivity index (χ1n) is 19.1. The van der Waals surface area contributed by atoms with Gasteiger partial charge in [-0.2, -0.15) is 74.6 Å². The Morgan fingerprint density at radius 2 is 1.08 bits per heavy atom. The van der Waals surface area contributed by atoms with Gasteiger partial charge in [0.2, 0.25) is 5.91 Å². The number of hydrogen-bond acceptors (Lipinski definition) is 10. The molecule has 0 aliphatic carbocycles. The summed E-state index contributed by atoms with van der Waals surface area (Å²) in [4.78, 5) is 82.2. The summed E-state index contributed by atoms with van der Waals surface area (Å²) in [5.74, 6) is -70.4. The normalized spacial score (nSPS) is 17.5. The first kappa shape index (κ1) is 59.0. The molecule has 1 heterocycles. The molecule has 0 bridgehead atoms. The first-order chi connectivity index (χ1) is 29.2. The maximum atomic E-state index is 14.4. The summed E-state index contributed by atoms with van der Waals surface area (Å²) >= 11 is 0. The largest absolute Gasteiger partial charge is 0.465 e. The third-order valence-electron chi connectivity index (χ3n) is 10.1. The molecule has 378 valence electrons. The third-order valence-corrected chi connectivity index (χ3v) is 11.3. The van der Waals surface area contributed by atoms with E-state index in [2.05, 4.69) is 4.74 Å². The van der Waals surface area contributed by atoms with E-state index in [1.807, 2.05) is 0 Å². The van der Waals surface area contributed by atoms with Gasteiger partial charge in [0.25, 0.3) is 11.8 Å². The number of hydroxylamine groups is 2. The maximum absolute atomic E-state index is 14.4. The van der Waals surface area contributed by atoms with Crippen LogP contribution in [0.15, 0.2) is 0 Å². The van der Waals surface area contributed by atoms with Crippen molar-refractivity contribution in [1.82, 2.24) is 9.96 Å². The molecule has 1 aliphatic heterocycles. The Balaban J connectivity index is 3.31. The van der Waals surface area contributed by atoms with Crippen molar-refractivity contribution >= 4 is 45.4 Å². The lowest BCUT2D eigenvalue weighted by Crippen LogP contribution is -2.74. The Bertz CT molecular complexity index is 1690. The molecule has 30 heteroatoms. The molecule has 12 nitrogen and oxygen atoms in total. The zero-order valence-electron chi connectivity index (χ0n) is 35.1. The second-order valence-corrected chi connectivity index (χ2v) is 17.1. The molecule has 0 aromatic carbocycles. The number of nitrogens with zero attached hydrogens (tertiary/aromatic N) is 2. The van der Waals surface area contributed by atoms with Crippen molar-refractivity contribution in [3.05, 3.63) is 0 Å². The summed E-state index contributed by atoms with van der Waals surface area (Å²) in [5.41, 5.74) is 0. The van der Waals surface area contributed by atoms with Gasteiger partial charge in [-0.15, -0.1) is 5.06 Å². The average Bonchev–Trinajstić information content (AvgIpc) is 3.49. The van der Waals surface area contributed by atoms with E-state index in [0.29, 0.717) is 12.5 Å². The van der Waals surface area contributed by atoms with E-state index in [0.717, 1.165) is 11.8 Å². The van der Waals surface area contributed by atoms with E-state index >= 15 is 0 Å². The summed E-state index contributed by atoms with van der Waals surface area (Å²) in [6.07, 6.45) is -12.5. The Kier molecular flexibility index (Phi) is 19.8. The van der Waals surface area contributed by atoms with Crippen molar-refractivity contribution in [1.29, 1.82) is 0 Å². The van der Waals surface area contributed by atoms with Gasteiger partial charge in [0, 0.05) is 40.0 Å². The lowest BCUT2D eigenvalue weighted by atomic mass is 9.78. The van der Waals surface area contributed by atoms with Crippen LogP contribution in [0.1, 0.15) is 65.7 Å². The van der Waals surface area contributed by atoms with Gasteiger partial charge in [-0.3, -0.25) is 24.0 Å². The number of carbonyl (C=O) groups excluding carboxylic acids is 6. The molecular weight excluding hydrogens is 959 g/mol. The average molecular weight is 1000 g/mol. The smallest absolute Gasteiger partial charge is 0.460 e. The second-order valence-electron chi connectivity index (χ2n) is 15.4. The molecule has 65 heavy (non-hydrogen) atoms. The fourth-order valence-electron chi connectivity index (χ4n) is 6.11. The van der Waals surface area contributed by atoms with Gasteiger partial charge < -0.3 is 23.6 Å². The number of ether oxygens (including phenoxy) is 2. The van der Waals surface area contributed by atoms with Crippen molar-refractivity contribution in [3.8, 4) is 0 Å². The topological polar surface area (TPSA) is 146 Å². The van der Waals surface area contributed by atoms with E-state index < -0.39 is 148 Å². The molecule has 1 saturated heterocycles. The monoisotopic (exact) mass is 1000 g/mol. The maximum Gasteiger partial charge on any atom is 0.460 e. The van der Waals surface area contributed by atoms with Gasteiger partial charge in [-0.25, -0.2) is 4.79 Å². The van der Waals surface area contributed by atoms with Crippen LogP contribution in [0.4, 0.5) is 74.6 Å². The predicted octanol–water partition coefficient (Wildman–Crippen LogP) is 7.02. The molecule has 3 amide bonds. The zero-order valence-corrected chi connectivity index (χ0v) is 36.5. The molecule has 1 rings (SSSR count). The van der Waals surface area contributed by atoms with Crippen molar-refractivity contribution in [3.63, 3.8) is 0 Å². The number of halogens is 17. The Labute approximate surface area is 361 Å². The van der Waals surface area contributed by atoms with Crippen molar-refractivity contribution in [2.45, 2.75) is 119 Å².